The van der Waals surface area contributed by atoms with E-state index in [-0.39, 0.29) is 5.82 Å². The third-order valence-corrected chi connectivity index (χ3v) is 5.21. The first-order valence-electron chi connectivity index (χ1n) is 7.74. The average Bonchev–Trinajstić information content (AvgIpc) is 3.19. The van der Waals surface area contributed by atoms with E-state index in [0.29, 0.717) is 11.6 Å². The number of anilines is 2. The normalized spacial score (nSPS) is 16.2. The van der Waals surface area contributed by atoms with E-state index in [1.807, 2.05) is 29.3 Å². The van der Waals surface area contributed by atoms with Gasteiger partial charge in [0, 0.05) is 37.8 Å². The number of fused-ring (bicyclic) bond motifs is 1. The topological polar surface area (TPSA) is 46.0 Å². The summed E-state index contributed by atoms with van der Waals surface area (Å²) in [7, 11) is 1.92. The molecule has 0 unspecified atom stereocenters. The highest BCUT2D eigenvalue weighted by atomic mass is 32.1. The number of rotatable bonds is 3. The summed E-state index contributed by atoms with van der Waals surface area (Å²) in [5, 5.41) is 6.57. The summed E-state index contributed by atoms with van der Waals surface area (Å²) < 4.78 is 15.8. The number of nitrogens with zero attached hydrogens (tertiary/aromatic N) is 4. The van der Waals surface area contributed by atoms with Gasteiger partial charge in [-0.2, -0.15) is 0 Å². The minimum atomic E-state index is -0.273. The van der Waals surface area contributed by atoms with E-state index in [2.05, 4.69) is 20.2 Å². The van der Waals surface area contributed by atoms with E-state index < -0.39 is 0 Å². The molecule has 0 saturated carbocycles. The Labute approximate surface area is 137 Å². The summed E-state index contributed by atoms with van der Waals surface area (Å²) in [6.45, 7) is 1.95. The van der Waals surface area contributed by atoms with Crippen LogP contribution in [0.5, 0.6) is 0 Å². The van der Waals surface area contributed by atoms with Crippen molar-refractivity contribution in [2.75, 3.05) is 23.3 Å². The molecule has 7 heteroatoms. The summed E-state index contributed by atoms with van der Waals surface area (Å²) in [4.78, 5) is 11.1. The number of aryl methyl sites for hydroxylation is 1. The van der Waals surface area contributed by atoms with Crippen molar-refractivity contribution in [3.63, 3.8) is 0 Å². The van der Waals surface area contributed by atoms with Crippen molar-refractivity contribution < 1.29 is 4.39 Å². The second kappa shape index (κ2) is 5.81. The Morgan fingerprint density at radius 1 is 1.30 bits per heavy atom. The highest BCUT2D eigenvalue weighted by Gasteiger charge is 2.22. The van der Waals surface area contributed by atoms with E-state index in [1.54, 1.807) is 17.4 Å². The highest BCUT2D eigenvalue weighted by molar-refractivity contribution is 7.13. The molecule has 1 aromatic carbocycles. The molecule has 23 heavy (non-hydrogen) atoms. The first kappa shape index (κ1) is 14.4. The van der Waals surface area contributed by atoms with Crippen LogP contribution in [-0.2, 0) is 7.05 Å². The quantitative estimate of drug-likeness (QED) is 0.800. The van der Waals surface area contributed by atoms with Crippen LogP contribution in [0.15, 0.2) is 29.8 Å². The first-order chi connectivity index (χ1) is 11.2. The van der Waals surface area contributed by atoms with Gasteiger partial charge in [0.2, 0.25) is 5.95 Å². The van der Waals surface area contributed by atoms with Crippen LogP contribution in [0.3, 0.4) is 0 Å². The molecule has 1 aliphatic rings. The van der Waals surface area contributed by atoms with E-state index in [4.69, 9.17) is 0 Å². The van der Waals surface area contributed by atoms with Gasteiger partial charge in [0.05, 0.1) is 5.52 Å². The maximum Gasteiger partial charge on any atom is 0.203 e. The number of imidazole rings is 1. The third kappa shape index (κ3) is 2.65. The predicted octanol–water partition coefficient (Wildman–Crippen LogP) is 3.25. The van der Waals surface area contributed by atoms with E-state index in [1.165, 1.54) is 6.07 Å². The Bertz CT molecular complexity index is 805. The molecule has 3 aromatic rings. The summed E-state index contributed by atoms with van der Waals surface area (Å²) >= 11 is 1.68. The maximum absolute atomic E-state index is 13.9. The lowest BCUT2D eigenvalue weighted by Gasteiger charge is -2.32. The number of nitrogens with one attached hydrogen (secondary N) is 1. The van der Waals surface area contributed by atoms with E-state index in [0.717, 1.165) is 42.5 Å². The van der Waals surface area contributed by atoms with Crippen LogP contribution in [0.1, 0.15) is 12.8 Å². The number of para-hydroxylation sites is 1. The molecule has 1 N–H and O–H groups in total. The molecule has 0 amide bonds. The fourth-order valence-corrected chi connectivity index (χ4v) is 3.78. The molecule has 1 saturated heterocycles. The summed E-state index contributed by atoms with van der Waals surface area (Å²) in [6, 6.07) is 5.41. The SMILES string of the molecule is Cn1c(NC2CCN(c3nccs3)CC2)nc2c(F)cccc21. The van der Waals surface area contributed by atoms with Gasteiger partial charge in [-0.3, -0.25) is 0 Å². The van der Waals surface area contributed by atoms with Gasteiger partial charge >= 0.3 is 0 Å². The van der Waals surface area contributed by atoms with Crippen LogP contribution < -0.4 is 10.2 Å². The molecule has 0 atom stereocenters. The van der Waals surface area contributed by atoms with Crippen LogP contribution in [0, 0.1) is 5.82 Å². The monoisotopic (exact) mass is 331 g/mol. The zero-order valence-electron chi connectivity index (χ0n) is 12.9. The molecular formula is C16H18FN5S. The minimum absolute atomic E-state index is 0.273. The molecule has 5 nitrogen and oxygen atoms in total. The molecule has 1 aliphatic heterocycles. The Hall–Kier alpha value is -2.15. The van der Waals surface area contributed by atoms with Crippen molar-refractivity contribution in [3.05, 3.63) is 35.6 Å². The molecule has 4 rings (SSSR count). The molecule has 0 bridgehead atoms. The average molecular weight is 331 g/mol. The number of thiazole rings is 1. The standard InChI is InChI=1S/C16H18FN5S/c1-21-13-4-2-3-12(17)14(13)20-15(21)19-11-5-8-22(9-6-11)16-18-7-10-23-16/h2-4,7,10-11H,5-6,8-9H2,1H3,(H,19,20). The summed E-state index contributed by atoms with van der Waals surface area (Å²) in [5.74, 6) is 0.461. The highest BCUT2D eigenvalue weighted by Crippen LogP contribution is 2.25. The second-order valence-corrected chi connectivity index (χ2v) is 6.70. The predicted molar refractivity (Wildman–Crippen MR) is 91.6 cm³/mol. The smallest absolute Gasteiger partial charge is 0.203 e. The Morgan fingerprint density at radius 3 is 2.83 bits per heavy atom. The zero-order chi connectivity index (χ0) is 15.8. The van der Waals surface area contributed by atoms with Crippen LogP contribution in [0.25, 0.3) is 11.0 Å². The minimum Gasteiger partial charge on any atom is -0.353 e. The molecule has 3 heterocycles. The van der Waals surface area contributed by atoms with Crippen LogP contribution >= 0.6 is 11.3 Å². The number of halogens is 1. The summed E-state index contributed by atoms with van der Waals surface area (Å²) in [5.41, 5.74) is 1.24. The van der Waals surface area contributed by atoms with Crippen molar-refractivity contribution in [3.8, 4) is 0 Å². The number of hydrogen-bond acceptors (Lipinski definition) is 5. The van der Waals surface area contributed by atoms with Gasteiger partial charge in [-0.05, 0) is 25.0 Å². The largest absolute Gasteiger partial charge is 0.353 e. The second-order valence-electron chi connectivity index (χ2n) is 5.82. The molecule has 120 valence electrons. The number of hydrogen-bond donors (Lipinski definition) is 1. The Morgan fingerprint density at radius 2 is 2.13 bits per heavy atom. The number of aromatic nitrogens is 3. The molecule has 0 spiro atoms. The maximum atomic E-state index is 13.9. The van der Waals surface area contributed by atoms with Gasteiger partial charge < -0.3 is 14.8 Å². The lowest BCUT2D eigenvalue weighted by atomic mass is 10.1. The Balaban J connectivity index is 1.47. The number of benzene rings is 1. The molecular weight excluding hydrogens is 313 g/mol. The van der Waals surface area contributed by atoms with Gasteiger partial charge in [0.25, 0.3) is 0 Å². The third-order valence-electron chi connectivity index (χ3n) is 4.38. The number of piperidine rings is 1. The van der Waals surface area contributed by atoms with Gasteiger partial charge in [-0.25, -0.2) is 14.4 Å². The first-order valence-corrected chi connectivity index (χ1v) is 8.62. The van der Waals surface area contributed by atoms with Crippen molar-refractivity contribution >= 4 is 33.5 Å². The molecule has 1 fully saturated rings. The lowest BCUT2D eigenvalue weighted by molar-refractivity contribution is 0.522. The van der Waals surface area contributed by atoms with Crippen LogP contribution in [-0.4, -0.2) is 33.7 Å². The fourth-order valence-electron chi connectivity index (χ4n) is 3.08. The molecule has 0 radical (unpaired) electrons. The molecule has 2 aromatic heterocycles. The van der Waals surface area contributed by atoms with E-state index >= 15 is 0 Å². The summed E-state index contributed by atoms with van der Waals surface area (Å²) in [6.07, 6.45) is 3.88. The van der Waals surface area contributed by atoms with Gasteiger partial charge in [0.15, 0.2) is 10.9 Å². The van der Waals surface area contributed by atoms with Crippen molar-refractivity contribution in [1.29, 1.82) is 0 Å². The molecule has 0 aliphatic carbocycles. The van der Waals surface area contributed by atoms with Crippen molar-refractivity contribution in [2.24, 2.45) is 7.05 Å². The van der Waals surface area contributed by atoms with Crippen LogP contribution in [0.2, 0.25) is 0 Å². The van der Waals surface area contributed by atoms with Crippen molar-refractivity contribution in [1.82, 2.24) is 14.5 Å². The van der Waals surface area contributed by atoms with Gasteiger partial charge in [0.1, 0.15) is 5.52 Å². The van der Waals surface area contributed by atoms with Crippen molar-refractivity contribution in [2.45, 2.75) is 18.9 Å². The fraction of sp³-hybridized carbons (Fsp3) is 0.375. The van der Waals surface area contributed by atoms with Gasteiger partial charge in [-0.15, -0.1) is 11.3 Å². The van der Waals surface area contributed by atoms with E-state index in [9.17, 15) is 4.39 Å². The lowest BCUT2D eigenvalue weighted by Crippen LogP contribution is -2.39. The Kier molecular flexibility index (Phi) is 3.65. The zero-order valence-corrected chi connectivity index (χ0v) is 13.7. The van der Waals surface area contributed by atoms with Gasteiger partial charge in [-0.1, -0.05) is 6.07 Å². The van der Waals surface area contributed by atoms with Crippen LogP contribution in [0.4, 0.5) is 15.5 Å².